The lowest BCUT2D eigenvalue weighted by Crippen LogP contribution is -2.54. The molecule has 2 aromatic carbocycles. The van der Waals surface area contributed by atoms with E-state index in [0.717, 1.165) is 7.05 Å². The number of hydrogen-bond acceptors (Lipinski definition) is 3. The Morgan fingerprint density at radius 3 is 1.97 bits per heavy atom. The highest BCUT2D eigenvalue weighted by atomic mass is 19.4. The molecule has 0 aromatic heterocycles. The summed E-state index contributed by atoms with van der Waals surface area (Å²) in [6.07, 6.45) is -10.5. The molecule has 1 aliphatic rings. The van der Waals surface area contributed by atoms with Crippen LogP contribution in [-0.2, 0) is 17.1 Å². The number of nitrogens with zero attached hydrogens (tertiary/aromatic N) is 3. The monoisotopic (exact) mass is 535 g/mol. The van der Waals surface area contributed by atoms with Crippen molar-refractivity contribution < 1.29 is 45.1 Å². The van der Waals surface area contributed by atoms with Crippen LogP contribution in [0.15, 0.2) is 42.5 Å². The molecule has 1 fully saturated rings. The van der Waals surface area contributed by atoms with Crippen LogP contribution in [0.1, 0.15) is 29.0 Å². The molecular weight excluding hydrogens is 511 g/mol. The number of hydrogen-bond donors (Lipinski definition) is 0. The third-order valence-electron chi connectivity index (χ3n) is 6.35. The van der Waals surface area contributed by atoms with Gasteiger partial charge in [0.1, 0.15) is 5.82 Å². The SMILES string of the molecule is COC(=O)N1CC[C@@H](N(C)C(=O)N(C)c2cc(C(F)(F)F)cc(C(F)(F)F)c2)[C@H](c2ccc(F)cc2)C1. The van der Waals surface area contributed by atoms with Gasteiger partial charge in [-0.2, -0.15) is 26.3 Å². The lowest BCUT2D eigenvalue weighted by Gasteiger charge is -2.43. The number of halogens is 7. The zero-order valence-corrected chi connectivity index (χ0v) is 20.0. The first-order valence-electron chi connectivity index (χ1n) is 11.0. The molecular formula is C24H24F7N3O3. The summed E-state index contributed by atoms with van der Waals surface area (Å²) in [5, 5.41) is 0. The molecule has 1 saturated heterocycles. The Morgan fingerprint density at radius 1 is 0.946 bits per heavy atom. The second-order valence-electron chi connectivity index (χ2n) is 8.65. The second-order valence-corrected chi connectivity index (χ2v) is 8.65. The van der Waals surface area contributed by atoms with Crippen LogP contribution in [0.5, 0.6) is 0 Å². The van der Waals surface area contributed by atoms with Gasteiger partial charge in [0.15, 0.2) is 0 Å². The zero-order valence-electron chi connectivity index (χ0n) is 20.0. The van der Waals surface area contributed by atoms with Crippen LogP contribution in [0.25, 0.3) is 0 Å². The molecule has 0 aliphatic carbocycles. The van der Waals surface area contributed by atoms with E-state index in [1.54, 1.807) is 0 Å². The minimum Gasteiger partial charge on any atom is -0.453 e. The summed E-state index contributed by atoms with van der Waals surface area (Å²) < 4.78 is 98.1. The number of carbonyl (C=O) groups is 2. The minimum absolute atomic E-state index is 0.0152. The fraction of sp³-hybridized carbons (Fsp3) is 0.417. The van der Waals surface area contributed by atoms with E-state index in [1.165, 1.54) is 48.2 Å². The number of carbonyl (C=O) groups excluding carboxylic acids is 2. The summed E-state index contributed by atoms with van der Waals surface area (Å²) in [6, 6.07) is 4.83. The van der Waals surface area contributed by atoms with Gasteiger partial charge in [0, 0.05) is 44.8 Å². The van der Waals surface area contributed by atoms with E-state index in [0.29, 0.717) is 22.6 Å². The van der Waals surface area contributed by atoms with Gasteiger partial charge in [-0.05, 0) is 42.3 Å². The van der Waals surface area contributed by atoms with Gasteiger partial charge < -0.3 is 14.5 Å². The van der Waals surface area contributed by atoms with Crippen molar-refractivity contribution >= 4 is 17.8 Å². The Kier molecular flexibility index (Phi) is 7.94. The van der Waals surface area contributed by atoms with Crippen LogP contribution in [0.4, 0.5) is 46.0 Å². The molecule has 0 bridgehead atoms. The third kappa shape index (κ3) is 6.25. The number of likely N-dealkylation sites (N-methyl/N-ethyl adjacent to an activating group) is 1. The lowest BCUT2D eigenvalue weighted by molar-refractivity contribution is -0.143. The number of ether oxygens (including phenoxy) is 1. The van der Waals surface area contributed by atoms with Gasteiger partial charge in [-0.15, -0.1) is 0 Å². The molecule has 2 atom stereocenters. The minimum atomic E-state index is -5.07. The first kappa shape index (κ1) is 28.1. The molecule has 2 aromatic rings. The number of rotatable bonds is 3. The number of alkyl halides is 6. The van der Waals surface area contributed by atoms with Gasteiger partial charge in [0.2, 0.25) is 0 Å². The predicted molar refractivity (Wildman–Crippen MR) is 120 cm³/mol. The topological polar surface area (TPSA) is 53.1 Å². The highest BCUT2D eigenvalue weighted by molar-refractivity contribution is 5.92. The normalized spacial score (nSPS) is 18.4. The van der Waals surface area contributed by atoms with Crippen LogP contribution in [0.2, 0.25) is 0 Å². The number of methoxy groups -OCH3 is 1. The fourth-order valence-corrected chi connectivity index (χ4v) is 4.36. The Bertz CT molecular complexity index is 1100. The quantitative estimate of drug-likeness (QED) is 0.455. The molecule has 0 N–H and O–H groups in total. The van der Waals surface area contributed by atoms with E-state index in [1.807, 2.05) is 0 Å². The molecule has 0 spiro atoms. The van der Waals surface area contributed by atoms with Crippen LogP contribution in [0, 0.1) is 5.82 Å². The molecule has 0 unspecified atom stereocenters. The molecule has 37 heavy (non-hydrogen) atoms. The zero-order chi connectivity index (χ0) is 27.7. The van der Waals surface area contributed by atoms with Crippen LogP contribution < -0.4 is 4.90 Å². The predicted octanol–water partition coefficient (Wildman–Crippen LogP) is 5.98. The Labute approximate surface area is 208 Å². The maximum Gasteiger partial charge on any atom is 0.416 e. The van der Waals surface area contributed by atoms with Gasteiger partial charge in [0.05, 0.1) is 18.2 Å². The van der Waals surface area contributed by atoms with E-state index < -0.39 is 59.1 Å². The van der Waals surface area contributed by atoms with Crippen molar-refractivity contribution in [1.82, 2.24) is 9.80 Å². The molecule has 0 radical (unpaired) electrons. The van der Waals surface area contributed by atoms with Gasteiger partial charge in [-0.25, -0.2) is 14.0 Å². The molecule has 6 nitrogen and oxygen atoms in total. The van der Waals surface area contributed by atoms with Gasteiger partial charge in [0.25, 0.3) is 0 Å². The summed E-state index contributed by atoms with van der Waals surface area (Å²) >= 11 is 0. The van der Waals surface area contributed by atoms with E-state index in [-0.39, 0.29) is 25.6 Å². The van der Waals surface area contributed by atoms with Gasteiger partial charge in [-0.1, -0.05) is 12.1 Å². The molecule has 202 valence electrons. The summed E-state index contributed by atoms with van der Waals surface area (Å²) in [7, 11) is 3.65. The smallest absolute Gasteiger partial charge is 0.416 e. The van der Waals surface area contributed by atoms with Gasteiger partial charge in [-0.3, -0.25) is 4.90 Å². The van der Waals surface area contributed by atoms with Crippen molar-refractivity contribution in [2.24, 2.45) is 0 Å². The van der Waals surface area contributed by atoms with E-state index in [4.69, 9.17) is 4.74 Å². The van der Waals surface area contributed by atoms with E-state index in [2.05, 4.69) is 0 Å². The highest BCUT2D eigenvalue weighted by Crippen LogP contribution is 2.39. The van der Waals surface area contributed by atoms with Crippen molar-refractivity contribution in [3.8, 4) is 0 Å². The standard InChI is InChI=1S/C24H24F7N3O3/c1-32(18-11-15(23(26,27)28)10-16(12-18)24(29,30)31)21(35)33(2)20-8-9-34(22(36)37-3)13-19(20)14-4-6-17(25)7-5-14/h4-7,10-12,19-20H,8-9,13H2,1-3H3/t19-,20+/m0/s1. The summed E-state index contributed by atoms with van der Waals surface area (Å²) in [6.45, 7) is 0.268. The third-order valence-corrected chi connectivity index (χ3v) is 6.35. The summed E-state index contributed by atoms with van der Waals surface area (Å²) in [5.74, 6) is -1.04. The first-order chi connectivity index (χ1) is 17.1. The summed E-state index contributed by atoms with van der Waals surface area (Å²) in [4.78, 5) is 28.7. The average Bonchev–Trinajstić information content (AvgIpc) is 2.85. The molecule has 1 heterocycles. The Balaban J connectivity index is 1.95. The molecule has 13 heteroatoms. The summed E-state index contributed by atoms with van der Waals surface area (Å²) in [5.41, 5.74) is -3.10. The van der Waals surface area contributed by atoms with Gasteiger partial charge >= 0.3 is 24.5 Å². The van der Waals surface area contributed by atoms with Crippen molar-refractivity contribution in [2.45, 2.75) is 30.7 Å². The highest BCUT2D eigenvalue weighted by Gasteiger charge is 2.40. The van der Waals surface area contributed by atoms with Crippen LogP contribution >= 0.6 is 0 Å². The largest absolute Gasteiger partial charge is 0.453 e. The Morgan fingerprint density at radius 2 is 1.49 bits per heavy atom. The fourth-order valence-electron chi connectivity index (χ4n) is 4.36. The number of likely N-dealkylation sites (tertiary alicyclic amines) is 1. The van der Waals surface area contributed by atoms with Crippen molar-refractivity contribution in [3.05, 3.63) is 65.0 Å². The molecule has 3 amide bonds. The second kappa shape index (κ2) is 10.5. The lowest BCUT2D eigenvalue weighted by atomic mass is 9.85. The molecule has 0 saturated carbocycles. The number of anilines is 1. The maximum absolute atomic E-state index is 13.5. The van der Waals surface area contributed by atoms with Crippen molar-refractivity contribution in [2.75, 3.05) is 39.2 Å². The maximum atomic E-state index is 13.5. The molecule has 1 aliphatic heterocycles. The average molecular weight is 535 g/mol. The van der Waals surface area contributed by atoms with Crippen LogP contribution in [0.3, 0.4) is 0 Å². The van der Waals surface area contributed by atoms with E-state index >= 15 is 0 Å². The van der Waals surface area contributed by atoms with Crippen molar-refractivity contribution in [1.29, 1.82) is 0 Å². The number of urea groups is 1. The number of piperidine rings is 1. The Hall–Kier alpha value is -3.51. The van der Waals surface area contributed by atoms with Crippen molar-refractivity contribution in [3.63, 3.8) is 0 Å². The number of benzene rings is 2. The first-order valence-corrected chi connectivity index (χ1v) is 11.0. The number of amides is 3. The van der Waals surface area contributed by atoms with E-state index in [9.17, 15) is 40.3 Å². The van der Waals surface area contributed by atoms with Crippen LogP contribution in [-0.4, -0.2) is 62.3 Å². The molecule has 3 rings (SSSR count).